The van der Waals surface area contributed by atoms with Crippen LogP contribution in [0.3, 0.4) is 0 Å². The van der Waals surface area contributed by atoms with Crippen LogP contribution in [-0.2, 0) is 0 Å². The summed E-state index contributed by atoms with van der Waals surface area (Å²) in [6.07, 6.45) is 1.75. The van der Waals surface area contributed by atoms with E-state index in [1.165, 1.54) is 0 Å². The number of ether oxygens (including phenoxy) is 1. The topological polar surface area (TPSA) is 63.2 Å². The van der Waals surface area contributed by atoms with E-state index in [2.05, 4.69) is 16.0 Å². The summed E-state index contributed by atoms with van der Waals surface area (Å²) in [6.45, 7) is 0. The minimum Gasteiger partial charge on any atom is -0.481 e. The number of imidazole rings is 1. The molecular weight excluding hydrogens is 216 g/mol. The highest BCUT2D eigenvalue weighted by Crippen LogP contribution is 2.18. The van der Waals surface area contributed by atoms with E-state index in [0.717, 1.165) is 11.2 Å². The smallest absolute Gasteiger partial charge is 0.215 e. The number of nitriles is 1. The molecule has 0 radical (unpaired) electrons. The van der Waals surface area contributed by atoms with Gasteiger partial charge in [0.15, 0.2) is 5.65 Å². The van der Waals surface area contributed by atoms with Crippen LogP contribution in [0.15, 0.2) is 30.5 Å². The van der Waals surface area contributed by atoms with Crippen molar-refractivity contribution in [2.75, 3.05) is 7.11 Å². The normalized spacial score (nSPS) is 10.6. The van der Waals surface area contributed by atoms with Crippen LogP contribution in [0.5, 0.6) is 5.88 Å². The Bertz CT molecular complexity index is 754. The lowest BCUT2D eigenvalue weighted by atomic mass is 10.3. The lowest BCUT2D eigenvalue weighted by Gasteiger charge is -1.97. The molecule has 5 heteroatoms. The molecular formula is C12H8N4O. The quantitative estimate of drug-likeness (QED) is 0.631. The predicted molar refractivity (Wildman–Crippen MR) is 61.8 cm³/mol. The van der Waals surface area contributed by atoms with E-state index in [4.69, 9.17) is 10.00 Å². The van der Waals surface area contributed by atoms with Gasteiger partial charge in [-0.3, -0.25) is 4.40 Å². The Kier molecular flexibility index (Phi) is 1.95. The van der Waals surface area contributed by atoms with E-state index in [1.807, 2.05) is 10.5 Å². The predicted octanol–water partition coefficient (Wildman–Crippen LogP) is 1.76. The van der Waals surface area contributed by atoms with Gasteiger partial charge in [-0.2, -0.15) is 10.2 Å². The third-order valence-corrected chi connectivity index (χ3v) is 2.57. The van der Waals surface area contributed by atoms with E-state index in [0.29, 0.717) is 17.1 Å². The van der Waals surface area contributed by atoms with Crippen molar-refractivity contribution in [1.29, 1.82) is 5.26 Å². The van der Waals surface area contributed by atoms with Crippen molar-refractivity contribution in [3.8, 4) is 11.9 Å². The molecule has 0 spiro atoms. The number of fused-ring (bicyclic) bond motifs is 3. The summed E-state index contributed by atoms with van der Waals surface area (Å²) in [4.78, 5) is 8.61. The standard InChI is InChI=1S/C12H8N4O/c1-17-11-5-3-9-12(15-11)14-10-4-2-8(6-13)7-16(9)10/h2-5,7H,1H3. The fourth-order valence-corrected chi connectivity index (χ4v) is 1.76. The first-order valence-electron chi connectivity index (χ1n) is 5.05. The van der Waals surface area contributed by atoms with Crippen LogP contribution in [0, 0.1) is 11.3 Å². The van der Waals surface area contributed by atoms with Crippen molar-refractivity contribution >= 4 is 16.8 Å². The van der Waals surface area contributed by atoms with Gasteiger partial charge in [-0.25, -0.2) is 4.98 Å². The summed E-state index contributed by atoms with van der Waals surface area (Å²) in [5.41, 5.74) is 2.82. The molecule has 3 aromatic heterocycles. The van der Waals surface area contributed by atoms with E-state index in [1.54, 1.807) is 31.5 Å². The first kappa shape index (κ1) is 9.60. The van der Waals surface area contributed by atoms with Gasteiger partial charge < -0.3 is 4.74 Å². The van der Waals surface area contributed by atoms with Crippen molar-refractivity contribution in [3.63, 3.8) is 0 Å². The third kappa shape index (κ3) is 1.39. The van der Waals surface area contributed by atoms with Crippen molar-refractivity contribution in [1.82, 2.24) is 14.4 Å². The van der Waals surface area contributed by atoms with Crippen LogP contribution in [0.25, 0.3) is 16.8 Å². The van der Waals surface area contributed by atoms with Gasteiger partial charge >= 0.3 is 0 Å². The van der Waals surface area contributed by atoms with Gasteiger partial charge in [0.05, 0.1) is 18.2 Å². The maximum Gasteiger partial charge on any atom is 0.215 e. The molecule has 0 atom stereocenters. The first-order chi connectivity index (χ1) is 8.31. The van der Waals surface area contributed by atoms with E-state index < -0.39 is 0 Å². The molecule has 0 saturated heterocycles. The Hall–Kier alpha value is -2.61. The van der Waals surface area contributed by atoms with E-state index >= 15 is 0 Å². The van der Waals surface area contributed by atoms with E-state index in [-0.39, 0.29) is 0 Å². The lowest BCUT2D eigenvalue weighted by Crippen LogP contribution is -1.88. The highest BCUT2D eigenvalue weighted by atomic mass is 16.5. The average molecular weight is 224 g/mol. The number of pyridine rings is 2. The van der Waals surface area contributed by atoms with Gasteiger partial charge in [0.25, 0.3) is 0 Å². The molecule has 82 valence electrons. The molecule has 0 amide bonds. The molecule has 0 aromatic carbocycles. The highest BCUT2D eigenvalue weighted by molar-refractivity contribution is 5.77. The Morgan fingerprint density at radius 1 is 1.24 bits per heavy atom. The average Bonchev–Trinajstić information content (AvgIpc) is 2.74. The number of hydrogen-bond donors (Lipinski definition) is 0. The van der Waals surface area contributed by atoms with Crippen LogP contribution in [-0.4, -0.2) is 21.5 Å². The zero-order valence-corrected chi connectivity index (χ0v) is 9.08. The fourth-order valence-electron chi connectivity index (χ4n) is 1.76. The molecule has 0 unspecified atom stereocenters. The van der Waals surface area contributed by atoms with Gasteiger partial charge in [-0.15, -0.1) is 0 Å². The van der Waals surface area contributed by atoms with Gasteiger partial charge in [-0.05, 0) is 18.2 Å². The molecule has 0 aliphatic carbocycles. The Balaban J connectivity index is 2.39. The molecule has 0 fully saturated rings. The molecule has 0 aliphatic heterocycles. The zero-order valence-electron chi connectivity index (χ0n) is 9.08. The number of rotatable bonds is 1. The van der Waals surface area contributed by atoms with E-state index in [9.17, 15) is 0 Å². The molecule has 0 aliphatic rings. The highest BCUT2D eigenvalue weighted by Gasteiger charge is 2.07. The van der Waals surface area contributed by atoms with Gasteiger partial charge in [-0.1, -0.05) is 0 Å². The zero-order chi connectivity index (χ0) is 11.8. The summed E-state index contributed by atoms with van der Waals surface area (Å²) >= 11 is 0. The van der Waals surface area contributed by atoms with Crippen molar-refractivity contribution < 1.29 is 4.74 Å². The molecule has 0 N–H and O–H groups in total. The fraction of sp³-hybridized carbons (Fsp3) is 0.0833. The Labute approximate surface area is 96.9 Å². The van der Waals surface area contributed by atoms with Crippen LogP contribution in [0.2, 0.25) is 0 Å². The van der Waals surface area contributed by atoms with Crippen molar-refractivity contribution in [3.05, 3.63) is 36.0 Å². The number of methoxy groups -OCH3 is 1. The molecule has 3 rings (SSSR count). The Morgan fingerprint density at radius 2 is 2.12 bits per heavy atom. The largest absolute Gasteiger partial charge is 0.481 e. The van der Waals surface area contributed by atoms with Crippen LogP contribution in [0.4, 0.5) is 0 Å². The second-order valence-corrected chi connectivity index (χ2v) is 3.57. The van der Waals surface area contributed by atoms with Crippen LogP contribution in [0.1, 0.15) is 5.56 Å². The maximum absolute atomic E-state index is 8.87. The van der Waals surface area contributed by atoms with Crippen LogP contribution >= 0.6 is 0 Å². The summed E-state index contributed by atoms with van der Waals surface area (Å²) < 4.78 is 6.90. The molecule has 3 heterocycles. The minimum atomic E-state index is 0.529. The summed E-state index contributed by atoms with van der Waals surface area (Å²) in [7, 11) is 1.57. The number of nitrogens with zero attached hydrogens (tertiary/aromatic N) is 4. The SMILES string of the molecule is COc1ccc2c(n1)nc1ccc(C#N)cn12. The van der Waals surface area contributed by atoms with Crippen molar-refractivity contribution in [2.45, 2.75) is 0 Å². The number of hydrogen-bond acceptors (Lipinski definition) is 4. The molecule has 0 saturated carbocycles. The van der Waals surface area contributed by atoms with Gasteiger partial charge in [0.2, 0.25) is 5.88 Å². The lowest BCUT2D eigenvalue weighted by molar-refractivity contribution is 0.399. The molecule has 0 bridgehead atoms. The first-order valence-corrected chi connectivity index (χ1v) is 5.05. The molecule has 5 nitrogen and oxygen atoms in total. The Morgan fingerprint density at radius 3 is 2.88 bits per heavy atom. The second-order valence-electron chi connectivity index (χ2n) is 3.57. The second kappa shape index (κ2) is 3.46. The number of aromatic nitrogens is 3. The molecule has 3 aromatic rings. The maximum atomic E-state index is 8.87. The summed E-state index contributed by atoms with van der Waals surface area (Å²) in [5.74, 6) is 0.529. The van der Waals surface area contributed by atoms with Crippen LogP contribution < -0.4 is 4.74 Å². The van der Waals surface area contributed by atoms with Crippen molar-refractivity contribution in [2.24, 2.45) is 0 Å². The monoisotopic (exact) mass is 224 g/mol. The minimum absolute atomic E-state index is 0.529. The summed E-state index contributed by atoms with van der Waals surface area (Å²) in [5, 5.41) is 8.87. The van der Waals surface area contributed by atoms with Gasteiger partial charge in [0, 0.05) is 12.3 Å². The summed E-state index contributed by atoms with van der Waals surface area (Å²) in [6, 6.07) is 9.29. The molecule has 17 heavy (non-hydrogen) atoms. The van der Waals surface area contributed by atoms with Gasteiger partial charge in [0.1, 0.15) is 11.7 Å². The third-order valence-electron chi connectivity index (χ3n) is 2.57.